The summed E-state index contributed by atoms with van der Waals surface area (Å²) in [5, 5.41) is 1.28. The van der Waals surface area contributed by atoms with E-state index < -0.39 is 0 Å². The summed E-state index contributed by atoms with van der Waals surface area (Å²) >= 11 is 8.61. The van der Waals surface area contributed by atoms with Crippen LogP contribution in [-0.4, -0.2) is 24.8 Å². The minimum atomic E-state index is 0.641. The lowest BCUT2D eigenvalue weighted by atomic mass is 9.65. The van der Waals surface area contributed by atoms with Crippen molar-refractivity contribution in [2.24, 2.45) is 0 Å². The summed E-state index contributed by atoms with van der Waals surface area (Å²) < 4.78 is 0. The molecule has 0 aromatic carbocycles. The van der Waals surface area contributed by atoms with Gasteiger partial charge in [0.15, 0.2) is 0 Å². The molecule has 1 heterocycles. The second-order valence-corrected chi connectivity index (χ2v) is 3.58. The van der Waals surface area contributed by atoms with E-state index in [2.05, 4.69) is 25.3 Å². The molecule has 0 aliphatic carbocycles. The highest BCUT2D eigenvalue weighted by atomic mass is 32.1. The highest BCUT2D eigenvalue weighted by Gasteiger charge is 2.21. The van der Waals surface area contributed by atoms with Crippen LogP contribution >= 0.6 is 25.3 Å². The Hall–Kier alpha value is 0.830. The maximum absolute atomic E-state index is 4.30. The van der Waals surface area contributed by atoms with Crippen LogP contribution in [0.3, 0.4) is 0 Å². The number of rotatable bonds is 0. The molecule has 0 saturated carbocycles. The molecule has 38 valence electrons. The van der Waals surface area contributed by atoms with Crippen molar-refractivity contribution in [3.05, 3.63) is 0 Å². The summed E-state index contributed by atoms with van der Waals surface area (Å²) in [4.78, 5) is 0. The fourth-order valence-corrected chi connectivity index (χ4v) is 1.91. The van der Waals surface area contributed by atoms with Gasteiger partial charge in [-0.2, -0.15) is 25.3 Å². The Morgan fingerprint density at radius 3 is 2.29 bits per heavy atom. The highest BCUT2D eigenvalue weighted by molar-refractivity contribution is 7.86. The third kappa shape index (κ3) is 1.65. The van der Waals surface area contributed by atoms with Crippen LogP contribution < -0.4 is 0 Å². The van der Waals surface area contributed by atoms with Gasteiger partial charge in [-0.3, -0.25) is 0 Å². The van der Waals surface area contributed by atoms with Crippen molar-refractivity contribution in [2.45, 2.75) is 16.5 Å². The maximum atomic E-state index is 4.30. The first kappa shape index (κ1) is 5.96. The van der Waals surface area contributed by atoms with E-state index in [1.54, 1.807) is 0 Å². The average Bonchev–Trinajstić information content (AvgIpc) is 1.87. The number of hydrogen-bond donors (Lipinski definition) is 2. The van der Waals surface area contributed by atoms with Crippen molar-refractivity contribution in [3.8, 4) is 0 Å². The summed E-state index contributed by atoms with van der Waals surface area (Å²) in [6, 6.07) is 0. The van der Waals surface area contributed by atoms with Gasteiger partial charge in [0.2, 0.25) is 0 Å². The maximum Gasteiger partial charge on any atom is 0.141 e. The summed E-state index contributed by atoms with van der Waals surface area (Å²) in [6.07, 6.45) is 1.26. The van der Waals surface area contributed by atoms with Gasteiger partial charge in [0.1, 0.15) is 14.6 Å². The van der Waals surface area contributed by atoms with Gasteiger partial charge in [-0.1, -0.05) is 6.32 Å². The molecule has 1 saturated heterocycles. The SMILES string of the molecule is SC1BCC(S)B1. The molecule has 0 radical (unpaired) electrons. The standard InChI is InChI=1S/C3H8B2S2/c6-2-1-4-3(7)5-2/h2-7H,1H2. The van der Waals surface area contributed by atoms with E-state index in [1.165, 1.54) is 20.9 Å². The zero-order valence-electron chi connectivity index (χ0n) is 4.17. The highest BCUT2D eigenvalue weighted by Crippen LogP contribution is 2.13. The number of thiol groups is 2. The van der Waals surface area contributed by atoms with Crippen molar-refractivity contribution in [2.75, 3.05) is 0 Å². The average molecular weight is 130 g/mol. The normalized spacial score (nSPS) is 39.7. The van der Waals surface area contributed by atoms with Gasteiger partial charge in [-0.15, -0.1) is 0 Å². The molecule has 0 bridgehead atoms. The van der Waals surface area contributed by atoms with Crippen LogP contribution in [0.5, 0.6) is 0 Å². The van der Waals surface area contributed by atoms with E-state index in [-0.39, 0.29) is 0 Å². The molecule has 1 aliphatic rings. The van der Waals surface area contributed by atoms with Crippen LogP contribution in [0.25, 0.3) is 0 Å². The van der Waals surface area contributed by atoms with Crippen molar-refractivity contribution >= 4 is 39.8 Å². The Morgan fingerprint density at radius 1 is 1.43 bits per heavy atom. The molecule has 0 N–H and O–H groups in total. The van der Waals surface area contributed by atoms with E-state index in [4.69, 9.17) is 0 Å². The summed E-state index contributed by atoms with van der Waals surface area (Å²) in [5.41, 5.74) is 0. The quantitative estimate of drug-likeness (QED) is 0.328. The Kier molecular flexibility index (Phi) is 2.04. The molecule has 1 rings (SSSR count). The van der Waals surface area contributed by atoms with Crippen molar-refractivity contribution in [1.82, 2.24) is 0 Å². The minimum absolute atomic E-state index is 0.641. The van der Waals surface area contributed by atoms with Gasteiger partial charge >= 0.3 is 0 Å². The molecule has 4 heteroatoms. The molecular weight excluding hydrogens is 122 g/mol. The first-order valence-electron chi connectivity index (χ1n) is 2.65. The van der Waals surface area contributed by atoms with Crippen LogP contribution in [0.15, 0.2) is 0 Å². The first-order valence-corrected chi connectivity index (χ1v) is 3.68. The molecule has 0 amide bonds. The molecule has 2 unspecified atom stereocenters. The van der Waals surface area contributed by atoms with Crippen molar-refractivity contribution in [3.63, 3.8) is 0 Å². The number of hydrogen-bond acceptors (Lipinski definition) is 2. The van der Waals surface area contributed by atoms with Crippen LogP contribution in [0.2, 0.25) is 6.32 Å². The Labute approximate surface area is 56.7 Å². The van der Waals surface area contributed by atoms with Crippen LogP contribution in [0, 0.1) is 0 Å². The molecule has 2 atom stereocenters. The van der Waals surface area contributed by atoms with E-state index in [0.29, 0.717) is 10.2 Å². The lowest BCUT2D eigenvalue weighted by molar-refractivity contribution is 1.40. The summed E-state index contributed by atoms with van der Waals surface area (Å²) in [6.45, 7) is 0. The van der Waals surface area contributed by atoms with E-state index >= 15 is 0 Å². The zero-order valence-corrected chi connectivity index (χ0v) is 5.96. The Morgan fingerprint density at radius 2 is 2.14 bits per heavy atom. The molecule has 0 aromatic heterocycles. The molecule has 0 spiro atoms. The minimum Gasteiger partial charge on any atom is -0.193 e. The largest absolute Gasteiger partial charge is 0.193 e. The molecule has 7 heavy (non-hydrogen) atoms. The van der Waals surface area contributed by atoms with Crippen molar-refractivity contribution in [1.29, 1.82) is 0 Å². The third-order valence-corrected chi connectivity index (χ3v) is 2.32. The Bertz CT molecular complexity index is 60.0. The molecule has 0 nitrogen and oxygen atoms in total. The van der Waals surface area contributed by atoms with Crippen LogP contribution in [0.1, 0.15) is 0 Å². The molecule has 1 aliphatic heterocycles. The van der Waals surface area contributed by atoms with E-state index in [0.717, 1.165) is 0 Å². The molecule has 1 fully saturated rings. The van der Waals surface area contributed by atoms with Crippen LogP contribution in [-0.2, 0) is 0 Å². The van der Waals surface area contributed by atoms with Gasteiger partial charge < -0.3 is 0 Å². The molecule has 0 aromatic rings. The monoisotopic (exact) mass is 130 g/mol. The first-order chi connectivity index (χ1) is 3.29. The lowest BCUT2D eigenvalue weighted by Gasteiger charge is -1.92. The fraction of sp³-hybridized carbons (Fsp3) is 1.00. The van der Waals surface area contributed by atoms with Gasteiger partial charge in [0, 0.05) is 0 Å². The Balaban J connectivity index is 2.26. The van der Waals surface area contributed by atoms with E-state index in [1.807, 2.05) is 0 Å². The zero-order chi connectivity index (χ0) is 5.28. The van der Waals surface area contributed by atoms with Gasteiger partial charge in [0.05, 0.1) is 0 Å². The fourth-order valence-electron chi connectivity index (χ4n) is 0.935. The smallest absolute Gasteiger partial charge is 0.141 e. The second kappa shape index (κ2) is 2.40. The van der Waals surface area contributed by atoms with Crippen molar-refractivity contribution < 1.29 is 0 Å². The van der Waals surface area contributed by atoms with Gasteiger partial charge in [0.25, 0.3) is 0 Å². The third-order valence-electron chi connectivity index (χ3n) is 1.38. The summed E-state index contributed by atoms with van der Waals surface area (Å²) in [5.74, 6) is 0. The summed E-state index contributed by atoms with van der Waals surface area (Å²) in [7, 11) is 2.46. The van der Waals surface area contributed by atoms with Crippen LogP contribution in [0.4, 0.5) is 0 Å². The van der Waals surface area contributed by atoms with Gasteiger partial charge in [-0.25, -0.2) is 0 Å². The second-order valence-electron chi connectivity index (χ2n) is 2.12. The van der Waals surface area contributed by atoms with E-state index in [9.17, 15) is 0 Å². The predicted octanol–water partition coefficient (Wildman–Crippen LogP) is -0.239. The topological polar surface area (TPSA) is 0 Å². The lowest BCUT2D eigenvalue weighted by Crippen LogP contribution is -2.10. The van der Waals surface area contributed by atoms with Gasteiger partial charge in [-0.05, 0) is 10.2 Å². The molecular formula is C3H8B2S2. The predicted molar refractivity (Wildman–Crippen MR) is 44.7 cm³/mol.